The third-order valence-corrected chi connectivity index (χ3v) is 4.13. The number of aromatic nitrogens is 3. The van der Waals surface area contributed by atoms with Crippen molar-refractivity contribution in [1.82, 2.24) is 20.3 Å². The van der Waals surface area contributed by atoms with Crippen LogP contribution in [0.4, 0.5) is 18.9 Å². The zero-order valence-electron chi connectivity index (χ0n) is 15.2. The van der Waals surface area contributed by atoms with E-state index < -0.39 is 18.5 Å². The van der Waals surface area contributed by atoms with Gasteiger partial charge in [-0.1, -0.05) is 18.6 Å². The van der Waals surface area contributed by atoms with Crippen molar-refractivity contribution in [2.75, 3.05) is 5.32 Å². The second-order valence-electron chi connectivity index (χ2n) is 6.68. The second-order valence-corrected chi connectivity index (χ2v) is 6.68. The van der Waals surface area contributed by atoms with Gasteiger partial charge >= 0.3 is 6.18 Å². The molecule has 1 heterocycles. The van der Waals surface area contributed by atoms with E-state index in [0.717, 1.165) is 19.3 Å². The molecule has 1 aliphatic carbocycles. The maximum Gasteiger partial charge on any atom is 0.397 e. The van der Waals surface area contributed by atoms with Crippen LogP contribution >= 0.6 is 0 Å². The Bertz CT molecular complexity index is 857. The molecule has 0 aliphatic heterocycles. The third-order valence-electron chi connectivity index (χ3n) is 4.13. The summed E-state index contributed by atoms with van der Waals surface area (Å²) in [7, 11) is 0. The highest BCUT2D eigenvalue weighted by molar-refractivity contribution is 5.94. The average molecular weight is 395 g/mol. The fourth-order valence-corrected chi connectivity index (χ4v) is 2.70. The minimum atomic E-state index is -4.56. The lowest BCUT2D eigenvalue weighted by atomic mass is 10.2. The SMILES string of the molecule is CCCc1c(C(=O)NC2CC2)nnn1-c1ccc(NC(=O)CC(F)(F)F)cc1. The van der Waals surface area contributed by atoms with Crippen LogP contribution in [0, 0.1) is 0 Å². The van der Waals surface area contributed by atoms with Crippen molar-refractivity contribution in [1.29, 1.82) is 0 Å². The number of halogens is 3. The van der Waals surface area contributed by atoms with E-state index in [0.29, 0.717) is 17.8 Å². The van der Waals surface area contributed by atoms with Gasteiger partial charge < -0.3 is 10.6 Å². The van der Waals surface area contributed by atoms with Gasteiger partial charge in [0.05, 0.1) is 11.4 Å². The van der Waals surface area contributed by atoms with Crippen LogP contribution in [0.5, 0.6) is 0 Å². The summed E-state index contributed by atoms with van der Waals surface area (Å²) >= 11 is 0. The topological polar surface area (TPSA) is 88.9 Å². The van der Waals surface area contributed by atoms with E-state index in [9.17, 15) is 22.8 Å². The molecule has 28 heavy (non-hydrogen) atoms. The molecular weight excluding hydrogens is 375 g/mol. The quantitative estimate of drug-likeness (QED) is 0.754. The molecule has 2 N–H and O–H groups in total. The molecule has 1 aromatic carbocycles. The standard InChI is InChI=1S/C18H20F3N5O2/c1-2-3-14-16(17(28)23-12-4-5-12)24-25-26(14)13-8-6-11(7-9-13)22-15(27)10-18(19,20)21/h6-9,12H,2-5,10H2,1H3,(H,22,27)(H,23,28). The molecule has 150 valence electrons. The highest BCUT2D eigenvalue weighted by Crippen LogP contribution is 2.23. The number of nitrogens with zero attached hydrogens (tertiary/aromatic N) is 3. The number of carbonyl (C=O) groups excluding carboxylic acids is 2. The fraction of sp³-hybridized carbons (Fsp3) is 0.444. The highest BCUT2D eigenvalue weighted by atomic mass is 19.4. The van der Waals surface area contributed by atoms with Gasteiger partial charge in [0.2, 0.25) is 5.91 Å². The largest absolute Gasteiger partial charge is 0.397 e. The van der Waals surface area contributed by atoms with Crippen LogP contribution in [0.2, 0.25) is 0 Å². The predicted octanol–water partition coefficient (Wildman–Crippen LogP) is 3.00. The van der Waals surface area contributed by atoms with Crippen LogP contribution in [0.1, 0.15) is 48.8 Å². The van der Waals surface area contributed by atoms with Crippen LogP contribution in [-0.4, -0.2) is 39.0 Å². The van der Waals surface area contributed by atoms with Crippen molar-refractivity contribution in [3.05, 3.63) is 35.7 Å². The van der Waals surface area contributed by atoms with Crippen molar-refractivity contribution >= 4 is 17.5 Å². The Balaban J connectivity index is 1.76. The zero-order valence-corrected chi connectivity index (χ0v) is 15.2. The molecule has 0 saturated heterocycles. The molecule has 1 saturated carbocycles. The van der Waals surface area contributed by atoms with Gasteiger partial charge in [0.15, 0.2) is 5.69 Å². The van der Waals surface area contributed by atoms with Gasteiger partial charge in [-0.25, -0.2) is 4.68 Å². The maximum atomic E-state index is 12.4. The van der Waals surface area contributed by atoms with Crippen molar-refractivity contribution < 1.29 is 22.8 Å². The molecule has 0 radical (unpaired) electrons. The summed E-state index contributed by atoms with van der Waals surface area (Å²) in [5, 5.41) is 13.2. The van der Waals surface area contributed by atoms with E-state index in [2.05, 4.69) is 20.9 Å². The molecule has 1 aliphatic rings. The van der Waals surface area contributed by atoms with E-state index in [4.69, 9.17) is 0 Å². The van der Waals surface area contributed by atoms with Crippen LogP contribution in [0.3, 0.4) is 0 Å². The Morgan fingerprint density at radius 3 is 2.46 bits per heavy atom. The van der Waals surface area contributed by atoms with Crippen molar-refractivity contribution in [2.24, 2.45) is 0 Å². The van der Waals surface area contributed by atoms with Gasteiger partial charge in [0.25, 0.3) is 5.91 Å². The van der Waals surface area contributed by atoms with Crippen LogP contribution in [0.25, 0.3) is 5.69 Å². The lowest BCUT2D eigenvalue weighted by molar-refractivity contribution is -0.150. The number of alkyl halides is 3. The van der Waals surface area contributed by atoms with Gasteiger partial charge in [-0.2, -0.15) is 13.2 Å². The average Bonchev–Trinajstić information content (AvgIpc) is 3.31. The number of amides is 2. The zero-order chi connectivity index (χ0) is 20.3. The van der Waals surface area contributed by atoms with E-state index in [1.54, 1.807) is 12.1 Å². The van der Waals surface area contributed by atoms with E-state index in [1.165, 1.54) is 16.8 Å². The first-order valence-corrected chi connectivity index (χ1v) is 8.99. The van der Waals surface area contributed by atoms with Crippen molar-refractivity contribution in [3.8, 4) is 5.69 Å². The molecule has 0 unspecified atom stereocenters. The van der Waals surface area contributed by atoms with Gasteiger partial charge in [-0.3, -0.25) is 9.59 Å². The van der Waals surface area contributed by atoms with Gasteiger partial charge in [-0.05, 0) is 43.5 Å². The second kappa shape index (κ2) is 7.99. The fourth-order valence-electron chi connectivity index (χ4n) is 2.70. The summed E-state index contributed by atoms with van der Waals surface area (Å²) < 4.78 is 38.3. The number of nitrogens with one attached hydrogen (secondary N) is 2. The summed E-state index contributed by atoms with van der Waals surface area (Å²) in [4.78, 5) is 23.7. The molecule has 2 aromatic rings. The molecule has 0 bridgehead atoms. The summed E-state index contributed by atoms with van der Waals surface area (Å²) in [5.74, 6) is -1.39. The summed E-state index contributed by atoms with van der Waals surface area (Å²) in [6.07, 6.45) is -2.81. The lowest BCUT2D eigenvalue weighted by Crippen LogP contribution is -2.27. The Morgan fingerprint density at radius 1 is 1.21 bits per heavy atom. The van der Waals surface area contributed by atoms with E-state index >= 15 is 0 Å². The lowest BCUT2D eigenvalue weighted by Gasteiger charge is -2.10. The van der Waals surface area contributed by atoms with Crippen molar-refractivity contribution in [3.63, 3.8) is 0 Å². The molecule has 10 heteroatoms. The number of hydrogen-bond donors (Lipinski definition) is 2. The first-order chi connectivity index (χ1) is 13.3. The smallest absolute Gasteiger partial charge is 0.348 e. The van der Waals surface area contributed by atoms with Crippen LogP contribution in [0.15, 0.2) is 24.3 Å². The molecule has 1 fully saturated rings. The van der Waals surface area contributed by atoms with E-state index in [-0.39, 0.29) is 23.3 Å². The summed E-state index contributed by atoms with van der Waals surface area (Å²) in [6.45, 7) is 1.97. The Labute approximate surface area is 159 Å². The van der Waals surface area contributed by atoms with E-state index in [1.807, 2.05) is 6.92 Å². The minimum absolute atomic E-state index is 0.201. The number of hydrogen-bond acceptors (Lipinski definition) is 4. The number of rotatable bonds is 7. The Morgan fingerprint density at radius 2 is 1.89 bits per heavy atom. The molecule has 7 nitrogen and oxygen atoms in total. The third kappa shape index (κ3) is 5.08. The molecule has 0 atom stereocenters. The molecule has 0 spiro atoms. The van der Waals surface area contributed by atoms with Gasteiger partial charge in [-0.15, -0.1) is 5.10 Å². The first-order valence-electron chi connectivity index (χ1n) is 8.99. The van der Waals surface area contributed by atoms with Gasteiger partial charge in [0, 0.05) is 11.7 Å². The normalized spacial score (nSPS) is 14.0. The monoisotopic (exact) mass is 395 g/mol. The molecule has 3 rings (SSSR count). The number of anilines is 1. The summed E-state index contributed by atoms with van der Waals surface area (Å²) in [6, 6.07) is 6.35. The van der Waals surface area contributed by atoms with Gasteiger partial charge in [0.1, 0.15) is 6.42 Å². The highest BCUT2D eigenvalue weighted by Gasteiger charge is 2.31. The molecular formula is C18H20F3N5O2. The number of carbonyl (C=O) groups is 2. The predicted molar refractivity (Wildman–Crippen MR) is 95.1 cm³/mol. The molecule has 2 amide bonds. The van der Waals surface area contributed by atoms with Crippen LogP contribution < -0.4 is 10.6 Å². The Hall–Kier alpha value is -2.91. The Kier molecular flexibility index (Phi) is 5.66. The number of benzene rings is 1. The van der Waals surface area contributed by atoms with Crippen LogP contribution in [-0.2, 0) is 11.2 Å². The first kappa shape index (κ1) is 19.8. The minimum Gasteiger partial charge on any atom is -0.348 e. The van der Waals surface area contributed by atoms with Crippen molar-refractivity contribution in [2.45, 2.75) is 51.2 Å². The molecule has 1 aromatic heterocycles. The maximum absolute atomic E-state index is 12.4. The summed E-state index contributed by atoms with van der Waals surface area (Å²) in [5.41, 5.74) is 1.77.